The summed E-state index contributed by atoms with van der Waals surface area (Å²) in [5.74, 6) is -0.108. The summed E-state index contributed by atoms with van der Waals surface area (Å²) in [5, 5.41) is 3.66. The third-order valence-electron chi connectivity index (χ3n) is 4.58. The van der Waals surface area contributed by atoms with E-state index in [9.17, 15) is 14.0 Å². The first-order chi connectivity index (χ1) is 13.4. The molecule has 1 aromatic carbocycles. The molecule has 0 saturated heterocycles. The summed E-state index contributed by atoms with van der Waals surface area (Å²) in [7, 11) is 1.61. The fourth-order valence-electron chi connectivity index (χ4n) is 2.78. The lowest BCUT2D eigenvalue weighted by Gasteiger charge is -2.17. The van der Waals surface area contributed by atoms with E-state index in [1.807, 2.05) is 0 Å². The average Bonchev–Trinajstić information content (AvgIpc) is 3.11. The van der Waals surface area contributed by atoms with E-state index in [1.165, 1.54) is 23.4 Å². The van der Waals surface area contributed by atoms with E-state index in [4.69, 9.17) is 4.52 Å². The van der Waals surface area contributed by atoms with Crippen LogP contribution in [0.5, 0.6) is 0 Å². The molecule has 144 valence electrons. The topological polar surface area (TPSA) is 76.3 Å². The molecule has 0 aliphatic heterocycles. The zero-order chi connectivity index (χ0) is 20.3. The summed E-state index contributed by atoms with van der Waals surface area (Å²) in [6, 6.07) is 7.77. The second kappa shape index (κ2) is 8.12. The monoisotopic (exact) mass is 381 g/mol. The van der Waals surface area contributed by atoms with Crippen LogP contribution in [0, 0.1) is 12.7 Å². The van der Waals surface area contributed by atoms with Crippen LogP contribution >= 0.6 is 0 Å². The van der Waals surface area contributed by atoms with Crippen LogP contribution in [0.3, 0.4) is 0 Å². The van der Waals surface area contributed by atoms with Crippen LogP contribution in [-0.2, 0) is 11.2 Å². The lowest BCUT2D eigenvalue weighted by molar-refractivity contribution is -0.118. The molecule has 0 aliphatic carbocycles. The van der Waals surface area contributed by atoms with Crippen molar-refractivity contribution in [1.82, 2.24) is 10.1 Å². The van der Waals surface area contributed by atoms with Gasteiger partial charge in [-0.15, -0.1) is 0 Å². The molecule has 0 saturated carbocycles. The van der Waals surface area contributed by atoms with Gasteiger partial charge in [-0.2, -0.15) is 0 Å². The van der Waals surface area contributed by atoms with Gasteiger partial charge in [-0.1, -0.05) is 12.1 Å². The highest BCUT2D eigenvalue weighted by Gasteiger charge is 2.15. The van der Waals surface area contributed by atoms with E-state index in [1.54, 1.807) is 45.2 Å². The van der Waals surface area contributed by atoms with Gasteiger partial charge in [0.05, 0.1) is 11.9 Å². The van der Waals surface area contributed by atoms with E-state index < -0.39 is 5.82 Å². The maximum atomic E-state index is 14.6. The third-order valence-corrected chi connectivity index (χ3v) is 4.58. The zero-order valence-electron chi connectivity index (χ0n) is 15.9. The van der Waals surface area contributed by atoms with Crippen LogP contribution in [0.15, 0.2) is 47.2 Å². The number of hydrogen-bond acceptors (Lipinski definition) is 5. The maximum Gasteiger partial charge on any atom is 0.226 e. The summed E-state index contributed by atoms with van der Waals surface area (Å²) >= 11 is 0. The number of nitrogens with zero attached hydrogens (tertiary/aromatic N) is 3. The number of benzene rings is 1. The van der Waals surface area contributed by atoms with Gasteiger partial charge in [0, 0.05) is 48.5 Å². The minimum atomic E-state index is -0.486. The Morgan fingerprint density at radius 3 is 2.54 bits per heavy atom. The van der Waals surface area contributed by atoms with Crippen LogP contribution in [0.2, 0.25) is 0 Å². The summed E-state index contributed by atoms with van der Waals surface area (Å²) in [6.07, 6.45) is 3.45. The number of anilines is 1. The molecule has 0 atom stereocenters. The highest BCUT2D eigenvalue weighted by atomic mass is 19.1. The Labute approximate surface area is 162 Å². The number of Topliss-reactive ketones (excluding diaryl/α,β-unsaturated/α-hetero) is 1. The average molecular weight is 381 g/mol. The van der Waals surface area contributed by atoms with Gasteiger partial charge in [0.15, 0.2) is 5.78 Å². The summed E-state index contributed by atoms with van der Waals surface area (Å²) < 4.78 is 19.5. The van der Waals surface area contributed by atoms with Crippen molar-refractivity contribution < 1.29 is 18.5 Å². The number of rotatable bonds is 6. The van der Waals surface area contributed by atoms with Crippen molar-refractivity contribution in [1.29, 1.82) is 0 Å². The maximum absolute atomic E-state index is 14.6. The standard InChI is InChI=1S/C21H20FN3O3/c1-4-21(27)25(3)16-6-7-17(18(22)10-16)19-8-5-14(11-23-19)20(26)9-15-12-24-28-13(15)2/h5-8,10-12H,4,9H2,1-3H3. The fourth-order valence-corrected chi connectivity index (χ4v) is 2.78. The van der Waals surface area contributed by atoms with Crippen molar-refractivity contribution in [3.63, 3.8) is 0 Å². The number of aromatic nitrogens is 2. The Morgan fingerprint density at radius 2 is 1.96 bits per heavy atom. The van der Waals surface area contributed by atoms with Gasteiger partial charge < -0.3 is 9.42 Å². The van der Waals surface area contributed by atoms with Gasteiger partial charge in [0.1, 0.15) is 11.6 Å². The molecule has 2 aromatic heterocycles. The van der Waals surface area contributed by atoms with Gasteiger partial charge in [-0.25, -0.2) is 4.39 Å². The highest BCUT2D eigenvalue weighted by molar-refractivity contribution is 5.97. The second-order valence-corrected chi connectivity index (χ2v) is 6.41. The normalized spacial score (nSPS) is 10.7. The van der Waals surface area contributed by atoms with E-state index in [0.29, 0.717) is 34.7 Å². The lowest BCUT2D eigenvalue weighted by Crippen LogP contribution is -2.25. The predicted molar refractivity (Wildman–Crippen MR) is 103 cm³/mol. The molecule has 0 fully saturated rings. The molecular weight excluding hydrogens is 361 g/mol. The van der Waals surface area contributed by atoms with Crippen LogP contribution < -0.4 is 4.90 Å². The van der Waals surface area contributed by atoms with Crippen molar-refractivity contribution in [3.8, 4) is 11.3 Å². The fraction of sp³-hybridized carbons (Fsp3) is 0.238. The van der Waals surface area contributed by atoms with Gasteiger partial charge in [0.25, 0.3) is 0 Å². The van der Waals surface area contributed by atoms with Crippen molar-refractivity contribution >= 4 is 17.4 Å². The summed E-state index contributed by atoms with van der Waals surface area (Å²) in [6.45, 7) is 3.50. The molecule has 6 nitrogen and oxygen atoms in total. The SMILES string of the molecule is CCC(=O)N(C)c1ccc(-c2ccc(C(=O)Cc3cnoc3C)cn2)c(F)c1. The molecule has 2 heterocycles. The van der Waals surface area contributed by atoms with Crippen molar-refractivity contribution in [2.45, 2.75) is 26.7 Å². The Hall–Kier alpha value is -3.35. The molecule has 0 bridgehead atoms. The van der Waals surface area contributed by atoms with Gasteiger partial charge >= 0.3 is 0 Å². The molecule has 0 spiro atoms. The third kappa shape index (κ3) is 3.98. The van der Waals surface area contributed by atoms with Gasteiger partial charge in [-0.3, -0.25) is 14.6 Å². The largest absolute Gasteiger partial charge is 0.361 e. The van der Waals surface area contributed by atoms with Crippen LogP contribution in [0.4, 0.5) is 10.1 Å². The molecule has 0 aliphatic rings. The van der Waals surface area contributed by atoms with Gasteiger partial charge in [0.2, 0.25) is 5.91 Å². The first-order valence-corrected chi connectivity index (χ1v) is 8.86. The molecule has 0 unspecified atom stereocenters. The minimum Gasteiger partial charge on any atom is -0.361 e. The number of carbonyl (C=O) groups is 2. The predicted octanol–water partition coefficient (Wildman–Crippen LogP) is 3.98. The summed E-state index contributed by atoms with van der Waals surface area (Å²) in [5.41, 5.74) is 2.33. The van der Waals surface area contributed by atoms with Gasteiger partial charge in [-0.05, 0) is 37.3 Å². The summed E-state index contributed by atoms with van der Waals surface area (Å²) in [4.78, 5) is 29.8. The minimum absolute atomic E-state index is 0.101. The molecular formula is C21H20FN3O3. The Kier molecular flexibility index (Phi) is 5.63. The first kappa shape index (κ1) is 19.4. The Morgan fingerprint density at radius 1 is 1.18 bits per heavy atom. The number of halogens is 1. The zero-order valence-corrected chi connectivity index (χ0v) is 15.9. The molecule has 3 aromatic rings. The van der Waals surface area contributed by atoms with Crippen LogP contribution in [0.25, 0.3) is 11.3 Å². The Balaban J connectivity index is 1.78. The number of ketones is 1. The lowest BCUT2D eigenvalue weighted by atomic mass is 10.0. The molecule has 1 amide bonds. The smallest absolute Gasteiger partial charge is 0.226 e. The van der Waals surface area contributed by atoms with Crippen molar-refractivity contribution in [3.05, 3.63) is 65.4 Å². The number of amides is 1. The second-order valence-electron chi connectivity index (χ2n) is 6.41. The van der Waals surface area contributed by atoms with E-state index in [0.717, 1.165) is 5.56 Å². The van der Waals surface area contributed by atoms with Crippen LogP contribution in [-0.4, -0.2) is 28.9 Å². The van der Waals surface area contributed by atoms with Crippen molar-refractivity contribution in [2.75, 3.05) is 11.9 Å². The quantitative estimate of drug-likeness (QED) is 0.604. The number of carbonyl (C=O) groups excluding carboxylic acids is 2. The Bertz CT molecular complexity index is 1010. The van der Waals surface area contributed by atoms with E-state index in [-0.39, 0.29) is 18.1 Å². The molecule has 0 N–H and O–H groups in total. The molecule has 28 heavy (non-hydrogen) atoms. The van der Waals surface area contributed by atoms with E-state index in [2.05, 4.69) is 10.1 Å². The highest BCUT2D eigenvalue weighted by Crippen LogP contribution is 2.26. The first-order valence-electron chi connectivity index (χ1n) is 8.86. The van der Waals surface area contributed by atoms with Crippen molar-refractivity contribution in [2.24, 2.45) is 0 Å². The van der Waals surface area contributed by atoms with Crippen LogP contribution in [0.1, 0.15) is 35.0 Å². The number of aryl methyl sites for hydroxylation is 1. The number of pyridine rings is 1. The molecule has 3 rings (SSSR count). The van der Waals surface area contributed by atoms with E-state index >= 15 is 0 Å². The molecule has 0 radical (unpaired) electrons. The molecule has 7 heteroatoms. The number of hydrogen-bond donors (Lipinski definition) is 0.